The lowest BCUT2D eigenvalue weighted by atomic mass is 10.0. The van der Waals surface area contributed by atoms with Crippen LogP contribution in [0, 0.1) is 5.92 Å². The van der Waals surface area contributed by atoms with Gasteiger partial charge < -0.3 is 10.6 Å². The number of aromatic nitrogens is 1. The average Bonchev–Trinajstić information content (AvgIpc) is 3.17. The molecule has 1 aliphatic heterocycles. The predicted molar refractivity (Wildman–Crippen MR) is 99.2 cm³/mol. The molecule has 2 aromatic rings. The third kappa shape index (κ3) is 4.76. The maximum absolute atomic E-state index is 11.9. The van der Waals surface area contributed by atoms with Crippen LogP contribution >= 0.6 is 51.0 Å². The smallest absolute Gasteiger partial charge is 0.226 e. The van der Waals surface area contributed by atoms with Crippen molar-refractivity contribution in [2.45, 2.75) is 19.3 Å². The number of thiazole rings is 1. The molecule has 1 amide bonds. The monoisotopic (exact) mass is 421 g/mol. The zero-order chi connectivity index (χ0) is 14.7. The highest BCUT2D eigenvalue weighted by atomic mass is 79.9. The molecular formula is C14H17BrClN3OS2. The minimum absolute atomic E-state index is 0. The van der Waals surface area contributed by atoms with Crippen LogP contribution in [0.3, 0.4) is 0 Å². The van der Waals surface area contributed by atoms with Crippen molar-refractivity contribution >= 4 is 62.0 Å². The van der Waals surface area contributed by atoms with Crippen molar-refractivity contribution in [3.8, 4) is 10.6 Å². The fourth-order valence-electron chi connectivity index (χ4n) is 2.37. The number of halogens is 2. The van der Waals surface area contributed by atoms with Gasteiger partial charge in [0.2, 0.25) is 5.91 Å². The molecule has 0 bridgehead atoms. The summed E-state index contributed by atoms with van der Waals surface area (Å²) in [6.45, 7) is 2.13. The van der Waals surface area contributed by atoms with E-state index in [9.17, 15) is 4.79 Å². The Balaban J connectivity index is 0.00000176. The van der Waals surface area contributed by atoms with E-state index in [1.165, 1.54) is 17.8 Å². The lowest BCUT2D eigenvalue weighted by Gasteiger charge is -2.06. The number of nitrogens with one attached hydrogen (secondary N) is 2. The van der Waals surface area contributed by atoms with Crippen molar-refractivity contribution in [1.29, 1.82) is 0 Å². The van der Waals surface area contributed by atoms with Gasteiger partial charge in [0, 0.05) is 21.7 Å². The standard InChI is InChI=1S/C14H16BrN3OS2.ClH/c15-10-5-12(20-7-10)11-8-21-14(17-11)18-13(19)2-1-9-3-4-16-6-9;/h5,7-9,16H,1-4,6H2,(H,17,18,19);1H. The van der Waals surface area contributed by atoms with Crippen LogP contribution in [0.4, 0.5) is 5.13 Å². The molecule has 2 aromatic heterocycles. The molecule has 1 fully saturated rings. The van der Waals surface area contributed by atoms with Crippen molar-refractivity contribution in [3.63, 3.8) is 0 Å². The van der Waals surface area contributed by atoms with E-state index in [0.717, 1.165) is 34.6 Å². The van der Waals surface area contributed by atoms with Crippen LogP contribution in [0.25, 0.3) is 10.6 Å². The van der Waals surface area contributed by atoms with Crippen molar-refractivity contribution in [2.75, 3.05) is 18.4 Å². The van der Waals surface area contributed by atoms with E-state index >= 15 is 0 Å². The van der Waals surface area contributed by atoms with Gasteiger partial charge in [0.15, 0.2) is 5.13 Å². The number of nitrogens with zero attached hydrogens (tertiary/aromatic N) is 1. The highest BCUT2D eigenvalue weighted by Gasteiger charge is 2.16. The van der Waals surface area contributed by atoms with E-state index in [4.69, 9.17) is 0 Å². The van der Waals surface area contributed by atoms with Gasteiger partial charge in [0.25, 0.3) is 0 Å². The summed E-state index contributed by atoms with van der Waals surface area (Å²) in [7, 11) is 0. The molecule has 3 heterocycles. The zero-order valence-electron chi connectivity index (χ0n) is 11.8. The maximum atomic E-state index is 11.9. The summed E-state index contributed by atoms with van der Waals surface area (Å²) >= 11 is 6.56. The normalized spacial score (nSPS) is 17.2. The van der Waals surface area contributed by atoms with E-state index in [0.29, 0.717) is 17.5 Å². The number of carbonyl (C=O) groups is 1. The highest BCUT2D eigenvalue weighted by Crippen LogP contribution is 2.32. The Morgan fingerprint density at radius 3 is 3.00 bits per heavy atom. The molecule has 120 valence electrons. The average molecular weight is 423 g/mol. The van der Waals surface area contributed by atoms with Crippen LogP contribution in [0.1, 0.15) is 19.3 Å². The molecule has 1 atom stereocenters. The first-order valence-corrected chi connectivity index (χ1v) is 9.46. The van der Waals surface area contributed by atoms with Gasteiger partial charge in [-0.3, -0.25) is 4.79 Å². The molecule has 0 radical (unpaired) electrons. The third-order valence-electron chi connectivity index (χ3n) is 3.51. The lowest BCUT2D eigenvalue weighted by molar-refractivity contribution is -0.116. The van der Waals surface area contributed by atoms with Gasteiger partial charge >= 0.3 is 0 Å². The summed E-state index contributed by atoms with van der Waals surface area (Å²) < 4.78 is 1.06. The zero-order valence-corrected chi connectivity index (χ0v) is 15.8. The maximum Gasteiger partial charge on any atom is 0.226 e. The Bertz CT molecular complexity index is 625. The summed E-state index contributed by atoms with van der Waals surface area (Å²) in [5.74, 6) is 0.709. The predicted octanol–water partition coefficient (Wildman–Crippen LogP) is 4.38. The van der Waals surface area contributed by atoms with Crippen LogP contribution in [-0.4, -0.2) is 24.0 Å². The number of hydrogen-bond donors (Lipinski definition) is 2. The molecule has 8 heteroatoms. The fourth-order valence-corrected chi connectivity index (χ4v) is 4.56. The summed E-state index contributed by atoms with van der Waals surface area (Å²) in [5.41, 5.74) is 0.922. The molecule has 0 aliphatic carbocycles. The second-order valence-corrected chi connectivity index (χ2v) is 7.80. The first-order chi connectivity index (χ1) is 10.2. The molecule has 1 unspecified atom stereocenters. The molecule has 0 spiro atoms. The number of amides is 1. The number of carbonyl (C=O) groups excluding carboxylic acids is 1. The van der Waals surface area contributed by atoms with Gasteiger partial charge in [0.05, 0.1) is 10.6 Å². The Morgan fingerprint density at radius 1 is 1.45 bits per heavy atom. The number of rotatable bonds is 5. The molecule has 1 saturated heterocycles. The van der Waals surface area contributed by atoms with E-state index in [1.54, 1.807) is 11.3 Å². The Labute approximate surface area is 152 Å². The van der Waals surface area contributed by atoms with Crippen LogP contribution in [-0.2, 0) is 4.79 Å². The number of hydrogen-bond acceptors (Lipinski definition) is 5. The Morgan fingerprint density at radius 2 is 2.32 bits per heavy atom. The van der Waals surface area contributed by atoms with Crippen molar-refractivity contribution in [3.05, 3.63) is 21.3 Å². The largest absolute Gasteiger partial charge is 0.316 e. The highest BCUT2D eigenvalue weighted by molar-refractivity contribution is 9.10. The third-order valence-corrected chi connectivity index (χ3v) is 5.98. The van der Waals surface area contributed by atoms with Gasteiger partial charge in [-0.25, -0.2) is 4.98 Å². The molecule has 4 nitrogen and oxygen atoms in total. The molecule has 2 N–H and O–H groups in total. The summed E-state index contributed by atoms with van der Waals surface area (Å²) in [6.07, 6.45) is 2.71. The van der Waals surface area contributed by atoms with E-state index in [1.807, 2.05) is 16.8 Å². The van der Waals surface area contributed by atoms with Crippen LogP contribution in [0.5, 0.6) is 0 Å². The van der Waals surface area contributed by atoms with Crippen molar-refractivity contribution < 1.29 is 4.79 Å². The van der Waals surface area contributed by atoms with Crippen LogP contribution < -0.4 is 10.6 Å². The number of anilines is 1. The van der Waals surface area contributed by atoms with Crippen molar-refractivity contribution in [1.82, 2.24) is 10.3 Å². The molecule has 1 aliphatic rings. The van der Waals surface area contributed by atoms with Gasteiger partial charge in [0.1, 0.15) is 0 Å². The van der Waals surface area contributed by atoms with Crippen LogP contribution in [0.2, 0.25) is 0 Å². The minimum atomic E-state index is 0. The molecule has 3 rings (SSSR count). The molecule has 0 aromatic carbocycles. The second-order valence-electron chi connectivity index (χ2n) is 5.11. The van der Waals surface area contributed by atoms with Crippen LogP contribution in [0.15, 0.2) is 21.3 Å². The lowest BCUT2D eigenvalue weighted by Crippen LogP contribution is -2.14. The van der Waals surface area contributed by atoms with E-state index in [2.05, 4.69) is 31.5 Å². The Kier molecular flexibility index (Phi) is 6.83. The molecule has 0 saturated carbocycles. The quantitative estimate of drug-likeness (QED) is 0.751. The second kappa shape index (κ2) is 8.40. The van der Waals surface area contributed by atoms with Gasteiger partial charge in [-0.1, -0.05) is 0 Å². The first kappa shape index (κ1) is 17.9. The topological polar surface area (TPSA) is 54.0 Å². The number of thiophene rings is 1. The van der Waals surface area contributed by atoms with Gasteiger partial charge in [-0.05, 0) is 53.8 Å². The summed E-state index contributed by atoms with van der Waals surface area (Å²) in [5, 5.41) is 10.9. The first-order valence-electron chi connectivity index (χ1n) is 6.91. The van der Waals surface area contributed by atoms with Gasteiger partial charge in [-0.15, -0.1) is 35.1 Å². The molecule has 22 heavy (non-hydrogen) atoms. The van der Waals surface area contributed by atoms with Gasteiger partial charge in [-0.2, -0.15) is 0 Å². The van der Waals surface area contributed by atoms with Crippen molar-refractivity contribution in [2.24, 2.45) is 5.92 Å². The minimum Gasteiger partial charge on any atom is -0.316 e. The fraction of sp³-hybridized carbons (Fsp3) is 0.429. The summed E-state index contributed by atoms with van der Waals surface area (Å²) in [4.78, 5) is 17.5. The Hall–Kier alpha value is -0.470. The van der Waals surface area contributed by atoms with E-state index < -0.39 is 0 Å². The summed E-state index contributed by atoms with van der Waals surface area (Å²) in [6, 6.07) is 2.04. The SMILES string of the molecule is Cl.O=C(CCC1CCNC1)Nc1nc(-c2cc(Br)cs2)cs1. The molecular weight excluding hydrogens is 406 g/mol. The van der Waals surface area contributed by atoms with E-state index in [-0.39, 0.29) is 18.3 Å².